The topological polar surface area (TPSA) is 92.2 Å². The van der Waals surface area contributed by atoms with Crippen LogP contribution in [0.1, 0.15) is 11.7 Å². The summed E-state index contributed by atoms with van der Waals surface area (Å²) < 4.78 is 36.7. The number of benzene rings is 2. The minimum Gasteiger partial charge on any atom is -0.387 e. The molecule has 3 rings (SSSR count). The van der Waals surface area contributed by atoms with Crippen LogP contribution in [0.25, 0.3) is 10.9 Å². The van der Waals surface area contributed by atoms with Gasteiger partial charge >= 0.3 is 0 Å². The summed E-state index contributed by atoms with van der Waals surface area (Å²) in [4.78, 5) is 8.37. The van der Waals surface area contributed by atoms with Gasteiger partial charge in [-0.2, -0.15) is 0 Å². The molecule has 1 heterocycles. The zero-order valence-electron chi connectivity index (χ0n) is 13.3. The number of aliphatic hydroxyl groups is 1. The smallest absolute Gasteiger partial charge is 0.175 e. The van der Waals surface area contributed by atoms with Crippen LogP contribution in [0.2, 0.25) is 0 Å². The molecule has 0 aliphatic rings. The first-order chi connectivity index (χ1) is 11.8. The summed E-state index contributed by atoms with van der Waals surface area (Å²) in [6.45, 7) is 0.0820. The Morgan fingerprint density at radius 1 is 1.20 bits per heavy atom. The molecule has 1 aromatic heterocycles. The van der Waals surface area contributed by atoms with E-state index in [9.17, 15) is 17.9 Å². The summed E-state index contributed by atoms with van der Waals surface area (Å²) in [6.07, 6.45) is 1.52. The van der Waals surface area contributed by atoms with Crippen LogP contribution in [0, 0.1) is 5.82 Å². The zero-order valence-corrected chi connectivity index (χ0v) is 14.2. The lowest BCUT2D eigenvalue weighted by atomic mass is 10.1. The van der Waals surface area contributed by atoms with Crippen molar-refractivity contribution in [1.82, 2.24) is 9.97 Å². The molecule has 3 aromatic rings. The maximum absolute atomic E-state index is 13.2. The highest BCUT2D eigenvalue weighted by atomic mass is 32.2. The molecule has 0 aliphatic heterocycles. The van der Waals surface area contributed by atoms with Gasteiger partial charge < -0.3 is 10.4 Å². The van der Waals surface area contributed by atoms with Crippen LogP contribution in [0.5, 0.6) is 0 Å². The maximum atomic E-state index is 13.2. The number of rotatable bonds is 5. The molecule has 0 bridgehead atoms. The van der Waals surface area contributed by atoms with Gasteiger partial charge in [0.2, 0.25) is 0 Å². The molecule has 8 heteroatoms. The highest BCUT2D eigenvalue weighted by molar-refractivity contribution is 7.90. The molecule has 2 aromatic carbocycles. The monoisotopic (exact) mass is 361 g/mol. The van der Waals surface area contributed by atoms with E-state index < -0.39 is 21.8 Å². The quantitative estimate of drug-likeness (QED) is 0.725. The summed E-state index contributed by atoms with van der Waals surface area (Å²) in [5.74, 6) is -0.0345. The van der Waals surface area contributed by atoms with Crippen molar-refractivity contribution in [3.63, 3.8) is 0 Å². The third-order valence-electron chi connectivity index (χ3n) is 3.73. The number of anilines is 1. The fourth-order valence-corrected chi connectivity index (χ4v) is 3.08. The molecular weight excluding hydrogens is 345 g/mol. The van der Waals surface area contributed by atoms with Gasteiger partial charge in [-0.1, -0.05) is 12.1 Å². The number of halogens is 1. The molecule has 0 fully saturated rings. The summed E-state index contributed by atoms with van der Waals surface area (Å²) in [5, 5.41) is 13.7. The first-order valence-corrected chi connectivity index (χ1v) is 9.36. The van der Waals surface area contributed by atoms with Crippen molar-refractivity contribution in [2.45, 2.75) is 11.0 Å². The van der Waals surface area contributed by atoms with Crippen LogP contribution < -0.4 is 5.32 Å². The highest BCUT2D eigenvalue weighted by Gasteiger charge is 2.13. The Morgan fingerprint density at radius 2 is 2.00 bits per heavy atom. The number of sulfone groups is 1. The molecule has 0 aliphatic carbocycles. The van der Waals surface area contributed by atoms with Gasteiger partial charge in [-0.15, -0.1) is 0 Å². The van der Waals surface area contributed by atoms with Crippen LogP contribution in [0.15, 0.2) is 53.7 Å². The largest absolute Gasteiger partial charge is 0.387 e. The van der Waals surface area contributed by atoms with Crippen LogP contribution >= 0.6 is 0 Å². The van der Waals surface area contributed by atoms with Gasteiger partial charge in [0.1, 0.15) is 18.0 Å². The lowest BCUT2D eigenvalue weighted by molar-refractivity contribution is 0.191. The van der Waals surface area contributed by atoms with Gasteiger partial charge in [0.15, 0.2) is 9.84 Å². The van der Waals surface area contributed by atoms with E-state index in [1.165, 1.54) is 36.7 Å². The van der Waals surface area contributed by atoms with E-state index in [0.29, 0.717) is 22.3 Å². The van der Waals surface area contributed by atoms with E-state index >= 15 is 0 Å². The SMILES string of the molecule is CS(=O)(=O)c1ccc2ncnc(NCC(O)c3cccc(F)c3)c2c1. The minimum atomic E-state index is -3.36. The highest BCUT2D eigenvalue weighted by Crippen LogP contribution is 2.24. The summed E-state index contributed by atoms with van der Waals surface area (Å²) in [7, 11) is -3.36. The van der Waals surface area contributed by atoms with Crippen LogP contribution in [-0.2, 0) is 9.84 Å². The molecule has 130 valence electrons. The molecule has 6 nitrogen and oxygen atoms in total. The van der Waals surface area contributed by atoms with Gasteiger partial charge in [-0.25, -0.2) is 22.8 Å². The molecule has 0 saturated heterocycles. The standard InChI is InChI=1S/C17H16FN3O3S/c1-25(23,24)13-5-6-15-14(8-13)17(21-10-20-15)19-9-16(22)11-3-2-4-12(18)7-11/h2-8,10,16,22H,9H2,1H3,(H,19,20,21). The van der Waals surface area contributed by atoms with E-state index in [2.05, 4.69) is 15.3 Å². The van der Waals surface area contributed by atoms with Crippen molar-refractivity contribution in [3.05, 3.63) is 60.2 Å². The second-order valence-electron chi connectivity index (χ2n) is 5.63. The van der Waals surface area contributed by atoms with Gasteiger partial charge in [0.05, 0.1) is 16.5 Å². The van der Waals surface area contributed by atoms with Crippen LogP contribution in [0.4, 0.5) is 10.2 Å². The maximum Gasteiger partial charge on any atom is 0.175 e. The van der Waals surface area contributed by atoms with Crippen molar-refractivity contribution >= 4 is 26.6 Å². The van der Waals surface area contributed by atoms with Gasteiger partial charge in [-0.3, -0.25) is 0 Å². The zero-order chi connectivity index (χ0) is 18.0. The third-order valence-corrected chi connectivity index (χ3v) is 4.84. The second-order valence-corrected chi connectivity index (χ2v) is 7.64. The van der Waals surface area contributed by atoms with E-state index in [4.69, 9.17) is 0 Å². The fraction of sp³-hybridized carbons (Fsp3) is 0.176. The Balaban J connectivity index is 1.88. The molecule has 1 atom stereocenters. The summed E-state index contributed by atoms with van der Waals surface area (Å²) in [6, 6.07) is 10.3. The summed E-state index contributed by atoms with van der Waals surface area (Å²) >= 11 is 0. The Kier molecular flexibility index (Phi) is 4.65. The van der Waals surface area contributed by atoms with Crippen molar-refractivity contribution in [2.75, 3.05) is 18.1 Å². The summed E-state index contributed by atoms with van der Waals surface area (Å²) in [5.41, 5.74) is 1.01. The number of aromatic nitrogens is 2. The van der Waals surface area contributed by atoms with Gasteiger partial charge in [0, 0.05) is 18.2 Å². The molecule has 0 radical (unpaired) electrons. The number of nitrogens with one attached hydrogen (secondary N) is 1. The number of aliphatic hydroxyl groups excluding tert-OH is 1. The molecule has 0 spiro atoms. The Labute approximate surface area is 144 Å². The number of nitrogens with zero attached hydrogens (tertiary/aromatic N) is 2. The molecule has 25 heavy (non-hydrogen) atoms. The molecule has 1 unspecified atom stereocenters. The van der Waals surface area contributed by atoms with E-state index in [1.807, 2.05) is 0 Å². The first-order valence-electron chi connectivity index (χ1n) is 7.47. The Hall–Kier alpha value is -2.58. The lowest BCUT2D eigenvalue weighted by Gasteiger charge is -2.14. The fourth-order valence-electron chi connectivity index (χ4n) is 2.43. The number of fused-ring (bicyclic) bond motifs is 1. The molecular formula is C17H16FN3O3S. The predicted octanol–water partition coefficient (Wildman–Crippen LogP) is 2.32. The number of hydrogen-bond donors (Lipinski definition) is 2. The van der Waals surface area contributed by atoms with Gasteiger partial charge in [0.25, 0.3) is 0 Å². The van der Waals surface area contributed by atoms with Crippen molar-refractivity contribution in [2.24, 2.45) is 0 Å². The van der Waals surface area contributed by atoms with Crippen molar-refractivity contribution in [3.8, 4) is 0 Å². The van der Waals surface area contributed by atoms with E-state index in [1.54, 1.807) is 12.1 Å². The lowest BCUT2D eigenvalue weighted by Crippen LogP contribution is -2.13. The normalized spacial score (nSPS) is 12.9. The molecule has 0 saturated carbocycles. The minimum absolute atomic E-state index is 0.0820. The molecule has 2 N–H and O–H groups in total. The average Bonchev–Trinajstić information content (AvgIpc) is 2.58. The van der Waals surface area contributed by atoms with Crippen molar-refractivity contribution < 1.29 is 17.9 Å². The Morgan fingerprint density at radius 3 is 2.72 bits per heavy atom. The predicted molar refractivity (Wildman–Crippen MR) is 92.5 cm³/mol. The molecule has 0 amide bonds. The Bertz CT molecular complexity index is 1020. The van der Waals surface area contributed by atoms with Gasteiger partial charge in [-0.05, 0) is 35.9 Å². The van der Waals surface area contributed by atoms with E-state index in [-0.39, 0.29) is 11.4 Å². The number of hydrogen-bond acceptors (Lipinski definition) is 6. The van der Waals surface area contributed by atoms with Crippen molar-refractivity contribution in [1.29, 1.82) is 0 Å². The average molecular weight is 361 g/mol. The first kappa shape index (κ1) is 17.2. The van der Waals surface area contributed by atoms with Crippen LogP contribution in [-0.4, -0.2) is 36.3 Å². The second kappa shape index (κ2) is 6.73. The van der Waals surface area contributed by atoms with E-state index in [0.717, 1.165) is 6.26 Å². The third kappa shape index (κ3) is 3.92. The van der Waals surface area contributed by atoms with Crippen LogP contribution in [0.3, 0.4) is 0 Å².